The monoisotopic (exact) mass is 263 g/mol. The molecule has 1 rings (SSSR count). The van der Waals surface area contributed by atoms with Crippen LogP contribution in [0, 0.1) is 5.92 Å². The number of nitrogens with zero attached hydrogens (tertiary/aromatic N) is 1. The molecule has 0 aromatic carbocycles. The van der Waals surface area contributed by atoms with E-state index in [1.165, 1.54) is 4.31 Å². The van der Waals surface area contributed by atoms with Crippen LogP contribution >= 0.6 is 0 Å². The summed E-state index contributed by atoms with van der Waals surface area (Å²) in [5.41, 5.74) is 0. The van der Waals surface area contributed by atoms with E-state index in [0.29, 0.717) is 25.6 Å². The van der Waals surface area contributed by atoms with Gasteiger partial charge in [0.05, 0.1) is 0 Å². The van der Waals surface area contributed by atoms with Crippen LogP contribution in [0.15, 0.2) is 0 Å². The van der Waals surface area contributed by atoms with Crippen molar-refractivity contribution in [3.05, 3.63) is 0 Å². The summed E-state index contributed by atoms with van der Waals surface area (Å²) in [6.45, 7) is 7.45. The lowest BCUT2D eigenvalue weighted by Crippen LogP contribution is -2.41. The van der Waals surface area contributed by atoms with Gasteiger partial charge in [-0.2, -0.15) is 12.7 Å². The predicted octanol–water partition coefficient (Wildman–Crippen LogP) is 0.552. The molecule has 0 spiro atoms. The molecule has 1 aliphatic rings. The normalized spacial score (nSPS) is 18.8. The van der Waals surface area contributed by atoms with Crippen molar-refractivity contribution in [3.63, 3.8) is 0 Å². The molecule has 1 fully saturated rings. The number of hydrogen-bond acceptors (Lipinski definition) is 3. The van der Waals surface area contributed by atoms with Gasteiger partial charge in [0.2, 0.25) is 0 Å². The third-order valence-electron chi connectivity index (χ3n) is 3.34. The highest BCUT2D eigenvalue weighted by Gasteiger charge is 2.19. The van der Waals surface area contributed by atoms with Crippen LogP contribution in [0.1, 0.15) is 33.1 Å². The molecule has 1 aliphatic heterocycles. The zero-order valence-electron chi connectivity index (χ0n) is 10.9. The summed E-state index contributed by atoms with van der Waals surface area (Å²) in [7, 11) is -3.26. The van der Waals surface area contributed by atoms with Crippen molar-refractivity contribution in [2.75, 3.05) is 32.7 Å². The minimum atomic E-state index is -3.26. The Kier molecular flexibility index (Phi) is 6.40. The first kappa shape index (κ1) is 14.9. The van der Waals surface area contributed by atoms with E-state index in [-0.39, 0.29) is 0 Å². The number of nitrogens with one attached hydrogen (secondary N) is 2. The van der Waals surface area contributed by atoms with Crippen LogP contribution < -0.4 is 10.0 Å². The largest absolute Gasteiger partial charge is 0.317 e. The highest BCUT2D eigenvalue weighted by atomic mass is 32.2. The number of hydrogen-bond donors (Lipinski definition) is 2. The minimum Gasteiger partial charge on any atom is -0.317 e. The van der Waals surface area contributed by atoms with E-state index in [1.54, 1.807) is 0 Å². The van der Waals surface area contributed by atoms with E-state index in [0.717, 1.165) is 32.4 Å². The van der Waals surface area contributed by atoms with Gasteiger partial charge in [-0.25, -0.2) is 4.72 Å². The highest BCUT2D eigenvalue weighted by Crippen LogP contribution is 2.15. The Bertz CT molecular complexity index is 296. The minimum absolute atomic E-state index is 0.527. The Balaban J connectivity index is 2.29. The Hall–Kier alpha value is -0.170. The van der Waals surface area contributed by atoms with Gasteiger partial charge in [0.25, 0.3) is 10.2 Å². The molecule has 1 saturated heterocycles. The third-order valence-corrected chi connectivity index (χ3v) is 5.11. The van der Waals surface area contributed by atoms with Crippen LogP contribution in [0.25, 0.3) is 0 Å². The summed E-state index contributed by atoms with van der Waals surface area (Å²) in [5, 5.41) is 3.31. The quantitative estimate of drug-likeness (QED) is 0.705. The van der Waals surface area contributed by atoms with Crippen molar-refractivity contribution in [3.8, 4) is 0 Å². The van der Waals surface area contributed by atoms with Crippen molar-refractivity contribution in [2.45, 2.75) is 33.1 Å². The van der Waals surface area contributed by atoms with Crippen molar-refractivity contribution in [2.24, 2.45) is 5.92 Å². The molecule has 102 valence electrons. The molecular weight excluding hydrogens is 238 g/mol. The fourth-order valence-electron chi connectivity index (χ4n) is 2.22. The fourth-order valence-corrected chi connectivity index (χ4v) is 3.46. The maximum atomic E-state index is 11.8. The van der Waals surface area contributed by atoms with Gasteiger partial charge in [-0.3, -0.25) is 0 Å². The predicted molar refractivity (Wildman–Crippen MR) is 70.1 cm³/mol. The SMILES string of the molecule is CCN(CC)S(=O)(=O)NCCC1CCNCC1. The molecule has 5 nitrogen and oxygen atoms in total. The Labute approximate surface area is 105 Å². The van der Waals surface area contributed by atoms with E-state index >= 15 is 0 Å². The number of piperidine rings is 1. The van der Waals surface area contributed by atoms with Gasteiger partial charge in [-0.1, -0.05) is 13.8 Å². The molecule has 0 amide bonds. The van der Waals surface area contributed by atoms with E-state index in [4.69, 9.17) is 0 Å². The summed E-state index contributed by atoms with van der Waals surface area (Å²) >= 11 is 0. The Morgan fingerprint density at radius 2 is 1.82 bits per heavy atom. The maximum absolute atomic E-state index is 11.8. The standard InChI is InChI=1S/C11H25N3O2S/c1-3-14(4-2)17(15,16)13-10-7-11-5-8-12-9-6-11/h11-13H,3-10H2,1-2H3. The van der Waals surface area contributed by atoms with Gasteiger partial charge in [0.15, 0.2) is 0 Å². The van der Waals surface area contributed by atoms with Gasteiger partial charge in [-0.05, 0) is 38.3 Å². The second kappa shape index (κ2) is 7.31. The van der Waals surface area contributed by atoms with Crippen molar-refractivity contribution < 1.29 is 8.42 Å². The van der Waals surface area contributed by atoms with Crippen LogP contribution in [-0.2, 0) is 10.2 Å². The maximum Gasteiger partial charge on any atom is 0.279 e. The number of rotatable bonds is 7. The lowest BCUT2D eigenvalue weighted by atomic mass is 9.95. The average Bonchev–Trinajstić information content (AvgIpc) is 2.31. The highest BCUT2D eigenvalue weighted by molar-refractivity contribution is 7.87. The molecule has 0 aromatic rings. The van der Waals surface area contributed by atoms with Gasteiger partial charge < -0.3 is 5.32 Å². The summed E-state index contributed by atoms with van der Waals surface area (Å²) < 4.78 is 27.8. The molecule has 17 heavy (non-hydrogen) atoms. The Morgan fingerprint density at radius 3 is 2.35 bits per heavy atom. The average molecular weight is 263 g/mol. The molecule has 0 saturated carbocycles. The molecule has 0 atom stereocenters. The fraction of sp³-hybridized carbons (Fsp3) is 1.00. The van der Waals surface area contributed by atoms with Crippen LogP contribution in [0.5, 0.6) is 0 Å². The molecule has 2 N–H and O–H groups in total. The smallest absolute Gasteiger partial charge is 0.279 e. The summed E-state index contributed by atoms with van der Waals surface area (Å²) in [6.07, 6.45) is 3.27. The summed E-state index contributed by atoms with van der Waals surface area (Å²) in [4.78, 5) is 0. The first-order chi connectivity index (χ1) is 8.10. The van der Waals surface area contributed by atoms with Crippen molar-refractivity contribution in [1.29, 1.82) is 0 Å². The van der Waals surface area contributed by atoms with Crippen molar-refractivity contribution in [1.82, 2.24) is 14.3 Å². The lowest BCUT2D eigenvalue weighted by Gasteiger charge is -2.23. The van der Waals surface area contributed by atoms with Gasteiger partial charge in [-0.15, -0.1) is 0 Å². The molecule has 6 heteroatoms. The molecule has 0 radical (unpaired) electrons. The van der Waals surface area contributed by atoms with Crippen LogP contribution in [0.4, 0.5) is 0 Å². The summed E-state index contributed by atoms with van der Waals surface area (Å²) in [6, 6.07) is 0. The van der Waals surface area contributed by atoms with E-state index < -0.39 is 10.2 Å². The van der Waals surface area contributed by atoms with Crippen LogP contribution in [-0.4, -0.2) is 45.4 Å². The van der Waals surface area contributed by atoms with Crippen LogP contribution in [0.3, 0.4) is 0 Å². The zero-order chi connectivity index (χ0) is 12.7. The molecule has 1 heterocycles. The molecule has 0 aromatic heterocycles. The molecule has 0 aliphatic carbocycles. The third kappa shape index (κ3) is 4.91. The second-order valence-corrected chi connectivity index (χ2v) is 6.22. The van der Waals surface area contributed by atoms with Gasteiger partial charge in [0, 0.05) is 19.6 Å². The molecular formula is C11H25N3O2S. The molecule has 0 unspecified atom stereocenters. The Morgan fingerprint density at radius 1 is 1.24 bits per heavy atom. The van der Waals surface area contributed by atoms with Crippen LogP contribution in [0.2, 0.25) is 0 Å². The summed E-state index contributed by atoms with van der Waals surface area (Å²) in [5.74, 6) is 0.663. The van der Waals surface area contributed by atoms with E-state index in [2.05, 4.69) is 10.0 Å². The van der Waals surface area contributed by atoms with Crippen molar-refractivity contribution >= 4 is 10.2 Å². The van der Waals surface area contributed by atoms with E-state index in [9.17, 15) is 8.42 Å². The van der Waals surface area contributed by atoms with Gasteiger partial charge in [0.1, 0.15) is 0 Å². The van der Waals surface area contributed by atoms with Gasteiger partial charge >= 0.3 is 0 Å². The molecule has 0 bridgehead atoms. The zero-order valence-corrected chi connectivity index (χ0v) is 11.7. The first-order valence-corrected chi connectivity index (χ1v) is 7.99. The second-order valence-electron chi connectivity index (χ2n) is 4.47. The first-order valence-electron chi connectivity index (χ1n) is 6.55. The lowest BCUT2D eigenvalue weighted by molar-refractivity contribution is 0.352. The topological polar surface area (TPSA) is 61.4 Å². The van der Waals surface area contributed by atoms with E-state index in [1.807, 2.05) is 13.8 Å².